The second kappa shape index (κ2) is 3.29. The lowest BCUT2D eigenvalue weighted by Gasteiger charge is -1.94. The number of rotatable bonds is 0. The molecule has 2 heteroatoms. The fraction of sp³-hybridized carbons (Fsp3) is 0.455. The van der Waals surface area contributed by atoms with Crippen molar-refractivity contribution in [2.45, 2.75) is 20.3 Å². The van der Waals surface area contributed by atoms with Crippen LogP contribution in [0, 0.1) is 11.8 Å². The predicted molar refractivity (Wildman–Crippen MR) is 53.2 cm³/mol. The van der Waals surface area contributed by atoms with Crippen LogP contribution in [-0.2, 0) is 0 Å². The first kappa shape index (κ1) is 8.42. The third-order valence-corrected chi connectivity index (χ3v) is 2.39. The molecule has 0 amide bonds. The lowest BCUT2D eigenvalue weighted by molar-refractivity contribution is 0.991. The number of nitrogens with zero attached hydrogens (tertiary/aromatic N) is 2. The van der Waals surface area contributed by atoms with Crippen LogP contribution >= 0.6 is 0 Å². The van der Waals surface area contributed by atoms with Crippen molar-refractivity contribution in [3.05, 3.63) is 23.1 Å². The lowest BCUT2D eigenvalue weighted by atomic mass is 10.2. The molecule has 0 bridgehead atoms. The van der Waals surface area contributed by atoms with Crippen molar-refractivity contribution in [2.24, 2.45) is 11.8 Å². The molecule has 2 atom stereocenters. The van der Waals surface area contributed by atoms with Crippen LogP contribution in [0.25, 0.3) is 12.2 Å². The maximum atomic E-state index is 4.25. The van der Waals surface area contributed by atoms with Crippen molar-refractivity contribution >= 4 is 12.2 Å². The molecule has 68 valence electrons. The van der Waals surface area contributed by atoms with Gasteiger partial charge in [-0.2, -0.15) is 0 Å². The van der Waals surface area contributed by atoms with Crippen LogP contribution in [0.2, 0.25) is 0 Å². The van der Waals surface area contributed by atoms with Gasteiger partial charge >= 0.3 is 0 Å². The van der Waals surface area contributed by atoms with Gasteiger partial charge in [-0.05, 0) is 18.3 Å². The Labute approximate surface area is 78.0 Å². The quantitative estimate of drug-likeness (QED) is 0.579. The highest BCUT2D eigenvalue weighted by Crippen LogP contribution is 2.41. The first-order valence-electron chi connectivity index (χ1n) is 4.94. The van der Waals surface area contributed by atoms with Gasteiger partial charge in [0.15, 0.2) is 0 Å². The van der Waals surface area contributed by atoms with Gasteiger partial charge in [0.1, 0.15) is 0 Å². The van der Waals surface area contributed by atoms with Gasteiger partial charge in [0.05, 0.1) is 10.7 Å². The van der Waals surface area contributed by atoms with E-state index in [9.17, 15) is 0 Å². The summed E-state index contributed by atoms with van der Waals surface area (Å²) in [6, 6.07) is 0. The van der Waals surface area contributed by atoms with Crippen molar-refractivity contribution in [3.8, 4) is 0 Å². The molecule has 13 heavy (non-hydrogen) atoms. The molecule has 0 spiro atoms. The lowest BCUT2D eigenvalue weighted by Crippen LogP contribution is -2.32. The zero-order valence-corrected chi connectivity index (χ0v) is 8.07. The molecule has 1 aromatic heterocycles. The van der Waals surface area contributed by atoms with Gasteiger partial charge < -0.3 is 0 Å². The van der Waals surface area contributed by atoms with Gasteiger partial charge in [0.25, 0.3) is 0 Å². The maximum absolute atomic E-state index is 4.25. The molecule has 2 nitrogen and oxygen atoms in total. The molecule has 0 N–H and O–H groups in total. The summed E-state index contributed by atoms with van der Waals surface area (Å²) in [5, 5.41) is 2.15. The van der Waals surface area contributed by atoms with E-state index >= 15 is 0 Å². The zero-order chi connectivity index (χ0) is 9.26. The van der Waals surface area contributed by atoms with Gasteiger partial charge in [-0.15, -0.1) is 0 Å². The summed E-state index contributed by atoms with van der Waals surface area (Å²) >= 11 is 0. The molecule has 2 unspecified atom stereocenters. The minimum Gasteiger partial charge on any atom is -0.253 e. The van der Waals surface area contributed by atoms with E-state index in [-0.39, 0.29) is 0 Å². The van der Waals surface area contributed by atoms with Crippen molar-refractivity contribution in [2.75, 3.05) is 0 Å². The van der Waals surface area contributed by atoms with E-state index in [0.29, 0.717) is 0 Å². The number of aromatic nitrogens is 2. The average molecular weight is 174 g/mol. The summed E-state index contributed by atoms with van der Waals surface area (Å²) in [5.74, 6) is 1.55. The standard InChI is InChI=1S/C9H8N2.C2H6/c1-2-11-9-5-7-3-6(7)4-8(9)10-1;1-2/h1-2,4-7H,3H2;1-2H3. The second-order valence-electron chi connectivity index (χ2n) is 3.22. The smallest absolute Gasteiger partial charge is 0.0846 e. The Hall–Kier alpha value is -1.18. The Morgan fingerprint density at radius 2 is 1.46 bits per heavy atom. The topological polar surface area (TPSA) is 25.8 Å². The van der Waals surface area contributed by atoms with E-state index < -0.39 is 0 Å². The molecule has 2 aliphatic carbocycles. The van der Waals surface area contributed by atoms with Gasteiger partial charge in [0, 0.05) is 12.4 Å². The Morgan fingerprint density at radius 1 is 1.00 bits per heavy atom. The van der Waals surface area contributed by atoms with Crippen LogP contribution in [-0.4, -0.2) is 9.97 Å². The van der Waals surface area contributed by atoms with Crippen LogP contribution in [0.4, 0.5) is 0 Å². The number of fused-ring (bicyclic) bond motifs is 2. The first-order valence-corrected chi connectivity index (χ1v) is 4.94. The summed E-state index contributed by atoms with van der Waals surface area (Å²) in [6.45, 7) is 4.00. The first-order chi connectivity index (χ1) is 6.43. The van der Waals surface area contributed by atoms with Crippen LogP contribution in [0.15, 0.2) is 12.4 Å². The molecule has 1 fully saturated rings. The van der Waals surface area contributed by atoms with E-state index in [1.165, 1.54) is 6.42 Å². The van der Waals surface area contributed by atoms with Gasteiger partial charge in [-0.1, -0.05) is 26.0 Å². The van der Waals surface area contributed by atoms with Crippen molar-refractivity contribution in [1.29, 1.82) is 0 Å². The largest absolute Gasteiger partial charge is 0.253 e. The molecule has 1 saturated carbocycles. The molecule has 1 aromatic rings. The molecular formula is C11H14N2. The number of hydrogen-bond acceptors (Lipinski definition) is 2. The Balaban J connectivity index is 0.000000308. The fourth-order valence-corrected chi connectivity index (χ4v) is 1.64. The SMILES string of the molecule is C1=c2nccnc2=CC2CC12.CC. The summed E-state index contributed by atoms with van der Waals surface area (Å²) in [4.78, 5) is 8.49. The Kier molecular flexibility index (Phi) is 2.13. The van der Waals surface area contributed by atoms with Crippen LogP contribution < -0.4 is 10.7 Å². The highest BCUT2D eigenvalue weighted by Gasteiger charge is 2.34. The molecular weight excluding hydrogens is 160 g/mol. The zero-order valence-electron chi connectivity index (χ0n) is 8.07. The van der Waals surface area contributed by atoms with Crippen molar-refractivity contribution in [3.63, 3.8) is 0 Å². The Bertz CT molecular complexity index is 369. The molecule has 0 aliphatic heterocycles. The molecule has 0 radical (unpaired) electrons. The predicted octanol–water partition coefficient (Wildman–Crippen LogP) is 0.713. The van der Waals surface area contributed by atoms with Crippen molar-refractivity contribution in [1.82, 2.24) is 9.97 Å². The maximum Gasteiger partial charge on any atom is 0.0846 e. The van der Waals surface area contributed by atoms with E-state index in [1.807, 2.05) is 13.8 Å². The van der Waals surface area contributed by atoms with E-state index in [0.717, 1.165) is 22.5 Å². The van der Waals surface area contributed by atoms with E-state index in [2.05, 4.69) is 22.1 Å². The second-order valence-corrected chi connectivity index (χ2v) is 3.22. The molecule has 1 heterocycles. The monoisotopic (exact) mass is 174 g/mol. The highest BCUT2D eigenvalue weighted by atomic mass is 14.8. The summed E-state index contributed by atoms with van der Waals surface area (Å²) in [7, 11) is 0. The van der Waals surface area contributed by atoms with Crippen LogP contribution in [0.1, 0.15) is 20.3 Å². The van der Waals surface area contributed by atoms with E-state index in [4.69, 9.17) is 0 Å². The third kappa shape index (κ3) is 1.48. The van der Waals surface area contributed by atoms with Gasteiger partial charge in [0.2, 0.25) is 0 Å². The van der Waals surface area contributed by atoms with E-state index in [1.54, 1.807) is 12.4 Å². The van der Waals surface area contributed by atoms with Gasteiger partial charge in [-0.25, -0.2) is 0 Å². The summed E-state index contributed by atoms with van der Waals surface area (Å²) in [6.07, 6.45) is 9.30. The normalized spacial score (nSPS) is 26.6. The van der Waals surface area contributed by atoms with Crippen LogP contribution in [0.3, 0.4) is 0 Å². The van der Waals surface area contributed by atoms with Crippen molar-refractivity contribution < 1.29 is 0 Å². The molecule has 0 saturated heterocycles. The third-order valence-electron chi connectivity index (χ3n) is 2.39. The highest BCUT2D eigenvalue weighted by molar-refractivity contribution is 5.46. The molecule has 0 aromatic carbocycles. The Morgan fingerprint density at radius 3 is 1.92 bits per heavy atom. The molecule has 3 rings (SSSR count). The van der Waals surface area contributed by atoms with Gasteiger partial charge in [-0.3, -0.25) is 9.97 Å². The number of hydrogen-bond donors (Lipinski definition) is 0. The minimum atomic E-state index is 0.777. The molecule has 2 aliphatic rings. The minimum absolute atomic E-state index is 0.777. The summed E-state index contributed by atoms with van der Waals surface area (Å²) < 4.78 is 0. The fourth-order valence-electron chi connectivity index (χ4n) is 1.64. The average Bonchev–Trinajstić information content (AvgIpc) is 2.95. The summed E-state index contributed by atoms with van der Waals surface area (Å²) in [5.41, 5.74) is 0. The van der Waals surface area contributed by atoms with Crippen LogP contribution in [0.5, 0.6) is 0 Å².